The minimum absolute atomic E-state index is 0.0329. The Morgan fingerprint density at radius 2 is 1.37 bits per heavy atom. The summed E-state index contributed by atoms with van der Waals surface area (Å²) in [5.41, 5.74) is -6.56. The first-order chi connectivity index (χ1) is 32.2. The molecule has 17 heteroatoms. The van der Waals surface area contributed by atoms with Gasteiger partial charge in [-0.3, -0.25) is 0 Å². The highest BCUT2D eigenvalue weighted by Crippen LogP contribution is 2.72. The summed E-state index contributed by atoms with van der Waals surface area (Å²) < 4.78 is 61.8. The van der Waals surface area contributed by atoms with Crippen molar-refractivity contribution in [3.8, 4) is 0 Å². The third-order valence-electron chi connectivity index (χ3n) is 18.2. The zero-order valence-corrected chi connectivity index (χ0v) is 41.2. The topological polar surface area (TPSA) is 231 Å². The van der Waals surface area contributed by atoms with Crippen LogP contribution in [0.25, 0.3) is 6.08 Å². The number of esters is 1. The fourth-order valence-electron chi connectivity index (χ4n) is 14.1. The first kappa shape index (κ1) is 52.2. The fraction of sp³-hybridized carbons (Fsp3) is 0.824. The van der Waals surface area contributed by atoms with Crippen molar-refractivity contribution in [2.75, 3.05) is 21.3 Å². The van der Waals surface area contributed by atoms with Gasteiger partial charge < -0.3 is 78.0 Å². The lowest BCUT2D eigenvalue weighted by molar-refractivity contribution is -0.353. The second-order valence-electron chi connectivity index (χ2n) is 21.5. The number of methoxy groups -OCH3 is 3. The minimum Gasteiger partial charge on any atom is -0.458 e. The van der Waals surface area contributed by atoms with Crippen LogP contribution in [0.1, 0.15) is 111 Å². The average molecular weight is 963 g/mol. The van der Waals surface area contributed by atoms with Crippen molar-refractivity contribution < 1.29 is 82.8 Å². The van der Waals surface area contributed by atoms with Crippen LogP contribution < -0.4 is 0 Å². The van der Waals surface area contributed by atoms with Gasteiger partial charge in [-0.15, -0.1) is 0 Å². The fourth-order valence-corrected chi connectivity index (χ4v) is 14.1. The highest BCUT2D eigenvalue weighted by Gasteiger charge is 2.81. The van der Waals surface area contributed by atoms with Gasteiger partial charge in [-0.25, -0.2) is 4.79 Å². The van der Waals surface area contributed by atoms with E-state index in [1.54, 1.807) is 34.1 Å². The molecule has 7 fully saturated rings. The van der Waals surface area contributed by atoms with Crippen LogP contribution >= 0.6 is 0 Å². The van der Waals surface area contributed by atoms with E-state index in [2.05, 4.69) is 6.92 Å². The first-order valence-corrected chi connectivity index (χ1v) is 24.8. The molecule has 23 atom stereocenters. The Hall–Kier alpha value is -2.17. The summed E-state index contributed by atoms with van der Waals surface area (Å²) >= 11 is 0. The molecule has 4 aliphatic carbocycles. The van der Waals surface area contributed by atoms with Gasteiger partial charge in [0, 0.05) is 40.2 Å². The Morgan fingerprint density at radius 3 is 1.99 bits per heavy atom. The predicted molar refractivity (Wildman–Crippen MR) is 243 cm³/mol. The van der Waals surface area contributed by atoms with E-state index >= 15 is 0 Å². The Kier molecular flexibility index (Phi) is 15.4. The summed E-state index contributed by atoms with van der Waals surface area (Å²) in [5, 5.41) is 70.7. The lowest BCUT2D eigenvalue weighted by atomic mass is 9.40. The van der Waals surface area contributed by atoms with E-state index in [9.17, 15) is 35.4 Å². The van der Waals surface area contributed by atoms with Gasteiger partial charge in [0.15, 0.2) is 18.9 Å². The lowest BCUT2D eigenvalue weighted by Gasteiger charge is -2.69. The van der Waals surface area contributed by atoms with E-state index in [0.29, 0.717) is 38.5 Å². The van der Waals surface area contributed by atoms with Gasteiger partial charge in [-0.05, 0) is 108 Å². The molecule has 1 aromatic rings. The number of carbonyl (C=O) groups excluding carboxylic acids is 1. The van der Waals surface area contributed by atoms with Crippen molar-refractivity contribution in [3.05, 3.63) is 42.0 Å². The van der Waals surface area contributed by atoms with E-state index in [1.807, 2.05) is 44.2 Å². The minimum atomic E-state index is -1.86. The molecule has 384 valence electrons. The van der Waals surface area contributed by atoms with Crippen LogP contribution in [0.4, 0.5) is 0 Å². The Balaban J connectivity index is 0.910. The molecule has 0 bridgehead atoms. The van der Waals surface area contributed by atoms with Crippen LogP contribution in [0.5, 0.6) is 0 Å². The summed E-state index contributed by atoms with van der Waals surface area (Å²) in [4.78, 5) is 13.6. The monoisotopic (exact) mass is 963 g/mol. The molecule has 3 heterocycles. The van der Waals surface area contributed by atoms with Crippen LogP contribution in [0, 0.1) is 22.7 Å². The van der Waals surface area contributed by atoms with E-state index in [1.165, 1.54) is 20.1 Å². The molecular formula is C51H78O17. The molecule has 0 radical (unpaired) electrons. The molecule has 3 aliphatic heterocycles. The zero-order chi connectivity index (χ0) is 49.1. The quantitative estimate of drug-likeness (QED) is 0.0944. The van der Waals surface area contributed by atoms with Crippen LogP contribution in [-0.2, 0) is 52.2 Å². The van der Waals surface area contributed by atoms with E-state index in [-0.39, 0.29) is 37.7 Å². The van der Waals surface area contributed by atoms with Crippen molar-refractivity contribution in [1.29, 1.82) is 0 Å². The van der Waals surface area contributed by atoms with Gasteiger partial charge in [0.25, 0.3) is 0 Å². The van der Waals surface area contributed by atoms with Crippen LogP contribution in [0.15, 0.2) is 36.4 Å². The average Bonchev–Trinajstić information content (AvgIpc) is 3.54. The number of fused-ring (bicyclic) bond motifs is 5. The van der Waals surface area contributed by atoms with Crippen molar-refractivity contribution in [1.82, 2.24) is 0 Å². The molecule has 3 saturated heterocycles. The van der Waals surface area contributed by atoms with Crippen molar-refractivity contribution in [3.63, 3.8) is 0 Å². The maximum atomic E-state index is 13.6. The number of carbonyl (C=O) groups is 1. The lowest BCUT2D eigenvalue weighted by Crippen LogP contribution is -2.79. The SMILES string of the molecule is COC1CC(OC2CCC3(C)C(CCC4(O)C3CC(OC(=O)/C=C/c3ccccc3)C3(C)C(O)(C(C)O)CCC43O)C2)OC(C)C1OC1CC(OC)C(OC2OC(C)C(O)C(OC)C2O)C(C)O1. The second kappa shape index (κ2) is 20.0. The van der Waals surface area contributed by atoms with Gasteiger partial charge in [0.2, 0.25) is 0 Å². The van der Waals surface area contributed by atoms with E-state index in [0.717, 1.165) is 5.56 Å². The largest absolute Gasteiger partial charge is 0.458 e. The molecule has 1 aromatic carbocycles. The highest BCUT2D eigenvalue weighted by molar-refractivity contribution is 5.87. The molecule has 0 aromatic heterocycles. The molecular weight excluding hydrogens is 885 g/mol. The van der Waals surface area contributed by atoms with Gasteiger partial charge in [-0.2, -0.15) is 0 Å². The van der Waals surface area contributed by atoms with Gasteiger partial charge in [-0.1, -0.05) is 44.2 Å². The Bertz CT molecular complexity index is 1910. The number of aliphatic hydroxyl groups is 6. The number of hydrogen-bond acceptors (Lipinski definition) is 17. The summed E-state index contributed by atoms with van der Waals surface area (Å²) in [5.74, 6) is -1.02. The predicted octanol–water partition coefficient (Wildman–Crippen LogP) is 3.54. The normalized spacial score (nSPS) is 50.0. The van der Waals surface area contributed by atoms with Crippen LogP contribution in [-0.4, -0.2) is 173 Å². The van der Waals surface area contributed by atoms with Crippen molar-refractivity contribution in [2.45, 2.75) is 221 Å². The van der Waals surface area contributed by atoms with Gasteiger partial charge in [0.1, 0.15) is 47.8 Å². The molecule has 8 rings (SSSR count). The van der Waals surface area contributed by atoms with Gasteiger partial charge in [0.05, 0.1) is 53.7 Å². The van der Waals surface area contributed by atoms with Crippen molar-refractivity contribution >= 4 is 12.0 Å². The molecule has 0 spiro atoms. The van der Waals surface area contributed by atoms with Crippen LogP contribution in [0.3, 0.4) is 0 Å². The number of benzene rings is 1. The Labute approximate surface area is 400 Å². The van der Waals surface area contributed by atoms with Crippen LogP contribution in [0.2, 0.25) is 0 Å². The number of ether oxygens (including phenoxy) is 10. The zero-order valence-electron chi connectivity index (χ0n) is 41.2. The third-order valence-corrected chi connectivity index (χ3v) is 18.2. The molecule has 6 N–H and O–H groups in total. The highest BCUT2D eigenvalue weighted by atomic mass is 16.8. The molecule has 68 heavy (non-hydrogen) atoms. The summed E-state index contributed by atoms with van der Waals surface area (Å²) in [6.45, 7) is 10.8. The molecule has 23 unspecified atom stereocenters. The van der Waals surface area contributed by atoms with E-state index in [4.69, 9.17) is 47.4 Å². The standard InChI is InChI=1S/C51H78O17/c1-27-41(54)45(61-9)42(55)46(64-27)68-44-29(3)63-40(25-35(44)60-8)67-43-28(2)62-39(24-34(43)59-7)65-33-18-19-47(5)32(23-33)17-20-50(57)36(47)26-37(66-38(53)16-15-31-13-11-10-12-14-31)48(6)49(56,30(4)52)21-22-51(48,50)58/h10-16,27-30,32-37,39-46,52,54-58H,17-26H2,1-9H3/b16-15+. The number of hydrogen-bond donors (Lipinski definition) is 6. The summed E-state index contributed by atoms with van der Waals surface area (Å²) in [7, 11) is 4.63. The maximum Gasteiger partial charge on any atom is 0.331 e. The molecule has 4 saturated carbocycles. The number of aliphatic hydroxyl groups excluding tert-OH is 3. The summed E-state index contributed by atoms with van der Waals surface area (Å²) in [6.07, 6.45) is -4.68. The van der Waals surface area contributed by atoms with Crippen molar-refractivity contribution in [2.24, 2.45) is 22.7 Å². The smallest absolute Gasteiger partial charge is 0.331 e. The molecule has 17 nitrogen and oxygen atoms in total. The van der Waals surface area contributed by atoms with E-state index < -0.39 is 132 Å². The summed E-state index contributed by atoms with van der Waals surface area (Å²) in [6, 6.07) is 9.36. The number of rotatable bonds is 13. The Morgan fingerprint density at radius 1 is 0.735 bits per heavy atom. The van der Waals surface area contributed by atoms with Gasteiger partial charge >= 0.3 is 5.97 Å². The maximum absolute atomic E-state index is 13.6. The molecule has 0 amide bonds. The second-order valence-corrected chi connectivity index (χ2v) is 21.5. The third kappa shape index (κ3) is 8.84. The first-order valence-electron chi connectivity index (χ1n) is 24.8. The molecule has 7 aliphatic rings.